The zero-order valence-corrected chi connectivity index (χ0v) is 18.4. The Hall–Kier alpha value is -1.60. The number of fused-ring (bicyclic) bond motifs is 1. The molecule has 0 spiro atoms. The first-order valence-corrected chi connectivity index (χ1v) is 10.5. The summed E-state index contributed by atoms with van der Waals surface area (Å²) in [5.41, 5.74) is 2.87. The molecule has 0 N–H and O–H groups in total. The van der Waals surface area contributed by atoms with E-state index in [4.69, 9.17) is 4.98 Å². The lowest BCUT2D eigenvalue weighted by Gasteiger charge is -2.22. The van der Waals surface area contributed by atoms with Gasteiger partial charge >= 0.3 is 0 Å². The van der Waals surface area contributed by atoms with Gasteiger partial charge in [-0.05, 0) is 57.1 Å². The number of anilines is 1. The smallest absolute Gasteiger partial charge is 0.261 e. The van der Waals surface area contributed by atoms with Crippen molar-refractivity contribution in [1.29, 1.82) is 0 Å². The minimum atomic E-state index is 0. The second kappa shape index (κ2) is 9.55. The summed E-state index contributed by atoms with van der Waals surface area (Å²) < 4.78 is 1.11. The van der Waals surface area contributed by atoms with E-state index in [-0.39, 0.29) is 18.3 Å². The number of halogens is 1. The van der Waals surface area contributed by atoms with E-state index in [1.54, 1.807) is 23.1 Å². The fourth-order valence-corrected chi connectivity index (χ4v) is 4.36. The fraction of sp³-hybridized carbons (Fsp3) is 0.300. The number of benzene rings is 2. The molecule has 3 rings (SSSR count). The van der Waals surface area contributed by atoms with Crippen LogP contribution in [-0.4, -0.2) is 49.2 Å². The number of thiazole rings is 1. The van der Waals surface area contributed by atoms with Crippen LogP contribution in [0.5, 0.6) is 0 Å². The number of amides is 1. The zero-order chi connectivity index (χ0) is 18.7. The molecule has 27 heavy (non-hydrogen) atoms. The molecule has 0 fully saturated rings. The van der Waals surface area contributed by atoms with Crippen molar-refractivity contribution >= 4 is 56.8 Å². The van der Waals surface area contributed by atoms with Crippen LogP contribution in [0.3, 0.4) is 0 Å². The Kier molecular flexibility index (Phi) is 7.68. The number of hydrogen-bond donors (Lipinski definition) is 0. The summed E-state index contributed by atoms with van der Waals surface area (Å²) in [4.78, 5) is 23.0. The number of aryl methyl sites for hydroxylation is 1. The second-order valence-electron chi connectivity index (χ2n) is 6.43. The molecule has 1 aromatic heterocycles. The van der Waals surface area contributed by atoms with Crippen LogP contribution in [0.2, 0.25) is 0 Å². The van der Waals surface area contributed by atoms with Crippen molar-refractivity contribution in [2.45, 2.75) is 11.8 Å². The third-order valence-corrected chi connectivity index (χ3v) is 5.95. The number of aromatic nitrogens is 1. The van der Waals surface area contributed by atoms with E-state index >= 15 is 0 Å². The maximum Gasteiger partial charge on any atom is 0.261 e. The summed E-state index contributed by atoms with van der Waals surface area (Å²) in [6, 6.07) is 14.0. The van der Waals surface area contributed by atoms with E-state index in [2.05, 4.69) is 24.0 Å². The highest BCUT2D eigenvalue weighted by Gasteiger charge is 2.23. The molecule has 1 amide bonds. The van der Waals surface area contributed by atoms with Crippen LogP contribution >= 0.6 is 35.5 Å². The van der Waals surface area contributed by atoms with Gasteiger partial charge in [-0.3, -0.25) is 9.69 Å². The molecular formula is C20H24ClN3OS2. The van der Waals surface area contributed by atoms with E-state index in [0.717, 1.165) is 32.4 Å². The van der Waals surface area contributed by atoms with Crippen LogP contribution in [0, 0.1) is 6.92 Å². The van der Waals surface area contributed by atoms with Crippen LogP contribution in [0.4, 0.5) is 5.13 Å². The zero-order valence-electron chi connectivity index (χ0n) is 15.9. The Morgan fingerprint density at radius 1 is 1.15 bits per heavy atom. The number of rotatable bonds is 6. The Morgan fingerprint density at radius 3 is 2.59 bits per heavy atom. The Balaban J connectivity index is 0.00000261. The van der Waals surface area contributed by atoms with Gasteiger partial charge in [-0.15, -0.1) is 24.2 Å². The fourth-order valence-electron chi connectivity index (χ4n) is 2.69. The van der Waals surface area contributed by atoms with Gasteiger partial charge in [0, 0.05) is 18.0 Å². The van der Waals surface area contributed by atoms with Crippen molar-refractivity contribution in [3.63, 3.8) is 0 Å². The lowest BCUT2D eigenvalue weighted by Crippen LogP contribution is -2.37. The number of carbonyl (C=O) groups excluding carboxylic acids is 1. The van der Waals surface area contributed by atoms with Gasteiger partial charge in [0.15, 0.2) is 5.13 Å². The van der Waals surface area contributed by atoms with Crippen LogP contribution in [0.1, 0.15) is 15.9 Å². The lowest BCUT2D eigenvalue weighted by molar-refractivity contribution is 0.0982. The minimum absolute atomic E-state index is 0. The van der Waals surface area contributed by atoms with Crippen LogP contribution in [0.25, 0.3) is 10.2 Å². The predicted octanol–water partition coefficient (Wildman–Crippen LogP) is 4.96. The highest BCUT2D eigenvalue weighted by molar-refractivity contribution is 7.98. The van der Waals surface area contributed by atoms with Gasteiger partial charge < -0.3 is 4.90 Å². The molecule has 0 radical (unpaired) electrons. The normalized spacial score (nSPS) is 10.9. The first-order chi connectivity index (χ1) is 12.5. The molecule has 0 aliphatic rings. The van der Waals surface area contributed by atoms with Crippen LogP contribution in [0.15, 0.2) is 47.4 Å². The van der Waals surface area contributed by atoms with E-state index in [1.165, 1.54) is 5.56 Å². The van der Waals surface area contributed by atoms with E-state index in [9.17, 15) is 4.79 Å². The average Bonchev–Trinajstić information content (AvgIpc) is 3.04. The molecule has 0 aliphatic heterocycles. The van der Waals surface area contributed by atoms with Crippen LogP contribution in [-0.2, 0) is 0 Å². The number of thioether (sulfide) groups is 1. The van der Waals surface area contributed by atoms with Crippen molar-refractivity contribution < 1.29 is 4.79 Å². The first-order valence-electron chi connectivity index (χ1n) is 8.46. The Bertz CT molecular complexity index is 926. The molecule has 7 heteroatoms. The Morgan fingerprint density at radius 2 is 1.89 bits per heavy atom. The molecule has 0 aliphatic carbocycles. The maximum atomic E-state index is 13.3. The van der Waals surface area contributed by atoms with E-state index < -0.39 is 0 Å². The van der Waals surface area contributed by atoms with Crippen molar-refractivity contribution in [3.8, 4) is 0 Å². The third-order valence-electron chi connectivity index (χ3n) is 4.12. The van der Waals surface area contributed by atoms with Crippen molar-refractivity contribution in [2.24, 2.45) is 0 Å². The van der Waals surface area contributed by atoms with Crippen LogP contribution < -0.4 is 4.90 Å². The van der Waals surface area contributed by atoms with Gasteiger partial charge in [-0.2, -0.15) is 0 Å². The van der Waals surface area contributed by atoms with Gasteiger partial charge in [0.25, 0.3) is 5.91 Å². The summed E-state index contributed by atoms with van der Waals surface area (Å²) >= 11 is 3.17. The first kappa shape index (κ1) is 21.7. The van der Waals surface area contributed by atoms with Gasteiger partial charge in [0.05, 0.1) is 15.8 Å². The highest BCUT2D eigenvalue weighted by Crippen LogP contribution is 2.31. The SMILES string of the molecule is CSc1ccccc1C(=O)N(CCN(C)C)c1nc2ccc(C)cc2s1.Cl. The summed E-state index contributed by atoms with van der Waals surface area (Å²) in [7, 11) is 4.03. The van der Waals surface area contributed by atoms with E-state index in [1.807, 2.05) is 55.6 Å². The van der Waals surface area contributed by atoms with Gasteiger partial charge in [-0.1, -0.05) is 29.5 Å². The second-order valence-corrected chi connectivity index (χ2v) is 8.29. The average molecular weight is 422 g/mol. The highest BCUT2D eigenvalue weighted by atomic mass is 35.5. The monoisotopic (exact) mass is 421 g/mol. The molecule has 0 atom stereocenters. The summed E-state index contributed by atoms with van der Waals surface area (Å²) in [6.45, 7) is 3.46. The van der Waals surface area contributed by atoms with Crippen molar-refractivity contribution in [2.75, 3.05) is 38.3 Å². The van der Waals surface area contributed by atoms with Crippen molar-refractivity contribution in [1.82, 2.24) is 9.88 Å². The van der Waals surface area contributed by atoms with Crippen molar-refractivity contribution in [3.05, 3.63) is 53.6 Å². The number of carbonyl (C=O) groups is 1. The minimum Gasteiger partial charge on any atom is -0.308 e. The molecule has 2 aromatic carbocycles. The maximum absolute atomic E-state index is 13.3. The quantitative estimate of drug-likeness (QED) is 0.527. The standard InChI is InChI=1S/C20H23N3OS2.ClH/c1-14-9-10-16-18(13-14)26-20(21-16)23(12-11-22(2)3)19(24)15-7-5-6-8-17(15)25-4;/h5-10,13H,11-12H2,1-4H3;1H. The third kappa shape index (κ3) is 5.02. The van der Waals surface area contributed by atoms with Gasteiger partial charge in [-0.25, -0.2) is 4.98 Å². The Labute approximate surface area is 175 Å². The molecule has 0 unspecified atom stereocenters. The molecule has 0 saturated carbocycles. The summed E-state index contributed by atoms with van der Waals surface area (Å²) in [5.74, 6) is 0.00702. The molecule has 0 bridgehead atoms. The lowest BCUT2D eigenvalue weighted by atomic mass is 10.2. The molecular weight excluding hydrogens is 398 g/mol. The molecule has 144 valence electrons. The topological polar surface area (TPSA) is 36.4 Å². The summed E-state index contributed by atoms with van der Waals surface area (Å²) in [5, 5.41) is 0.758. The number of likely N-dealkylation sites (N-methyl/N-ethyl adjacent to an activating group) is 1. The number of hydrogen-bond acceptors (Lipinski definition) is 5. The summed E-state index contributed by atoms with van der Waals surface area (Å²) in [6.07, 6.45) is 2.00. The van der Waals surface area contributed by atoms with E-state index in [0.29, 0.717) is 6.54 Å². The number of nitrogens with zero attached hydrogens (tertiary/aromatic N) is 3. The predicted molar refractivity (Wildman–Crippen MR) is 120 cm³/mol. The largest absolute Gasteiger partial charge is 0.308 e. The van der Waals surface area contributed by atoms with Gasteiger partial charge in [0.2, 0.25) is 0 Å². The molecule has 3 aromatic rings. The molecule has 1 heterocycles. The molecule has 0 saturated heterocycles. The van der Waals surface area contributed by atoms with Gasteiger partial charge in [0.1, 0.15) is 0 Å². The molecule has 4 nitrogen and oxygen atoms in total.